The van der Waals surface area contributed by atoms with E-state index in [1.165, 1.54) is 18.7 Å². The van der Waals surface area contributed by atoms with Crippen molar-refractivity contribution in [3.8, 4) is 0 Å². The Morgan fingerprint density at radius 1 is 1.50 bits per heavy atom. The van der Waals surface area contributed by atoms with Crippen LogP contribution in [0.5, 0.6) is 0 Å². The van der Waals surface area contributed by atoms with Gasteiger partial charge in [-0.2, -0.15) is 0 Å². The number of halogens is 1. The predicted octanol–water partition coefficient (Wildman–Crippen LogP) is 1.37. The number of aliphatic imine (C=N–C) groups is 1. The molecule has 0 bridgehead atoms. The largest absolute Gasteiger partial charge is 0.291 e. The molecule has 0 spiro atoms. The molecule has 1 aliphatic rings. The molecule has 0 saturated carbocycles. The van der Waals surface area contributed by atoms with Crippen LogP contribution >= 0.6 is 0 Å². The van der Waals surface area contributed by atoms with Crippen LogP contribution in [0.3, 0.4) is 0 Å². The van der Waals surface area contributed by atoms with Crippen molar-refractivity contribution in [2.75, 3.05) is 0 Å². The summed E-state index contributed by atoms with van der Waals surface area (Å²) in [6.45, 7) is 2.89. The predicted molar refractivity (Wildman–Crippen MR) is 43.9 cm³/mol. The van der Waals surface area contributed by atoms with Crippen LogP contribution in [0.4, 0.5) is 4.39 Å². The summed E-state index contributed by atoms with van der Waals surface area (Å²) in [7, 11) is 0. The second-order valence-electron chi connectivity index (χ2n) is 2.06. The zero-order valence-electron chi connectivity index (χ0n) is 6.27. The third kappa shape index (κ3) is 1.88. The van der Waals surface area contributed by atoms with Crippen LogP contribution in [0.25, 0.3) is 0 Å². The van der Waals surface area contributed by atoms with E-state index in [2.05, 4.69) is 11.6 Å². The number of nitrogens with zero attached hydrogens (tertiary/aromatic N) is 2. The summed E-state index contributed by atoms with van der Waals surface area (Å²) in [5.74, 6) is -1.81. The van der Waals surface area contributed by atoms with E-state index in [-0.39, 0.29) is 0 Å². The molecule has 0 aromatic carbocycles. The Balaban J connectivity index is 2.77. The van der Waals surface area contributed by atoms with Gasteiger partial charge in [0, 0.05) is 12.4 Å². The van der Waals surface area contributed by atoms with E-state index in [4.69, 9.17) is 0 Å². The summed E-state index contributed by atoms with van der Waals surface area (Å²) in [6.07, 6.45) is 7.32. The highest BCUT2D eigenvalue weighted by Gasteiger charge is 2.11. The van der Waals surface area contributed by atoms with Crippen molar-refractivity contribution in [3.05, 3.63) is 37.0 Å². The summed E-state index contributed by atoms with van der Waals surface area (Å²) >= 11 is 0. The van der Waals surface area contributed by atoms with Gasteiger partial charge >= 0.3 is 0 Å². The van der Waals surface area contributed by atoms with Crippen LogP contribution in [0.2, 0.25) is 0 Å². The Labute approximate surface area is 69.2 Å². The zero-order valence-corrected chi connectivity index (χ0v) is 6.27. The molecule has 1 aliphatic heterocycles. The summed E-state index contributed by atoms with van der Waals surface area (Å²) in [4.78, 5) is 15.6. The smallest absolute Gasteiger partial charge is 0.272 e. The number of rotatable bonds is 1. The summed E-state index contributed by atoms with van der Waals surface area (Å²) in [5, 5.41) is 0. The van der Waals surface area contributed by atoms with E-state index in [9.17, 15) is 9.18 Å². The number of carbonyl (C=O) groups is 1. The van der Waals surface area contributed by atoms with Gasteiger partial charge in [-0.3, -0.25) is 9.69 Å². The first-order chi connectivity index (χ1) is 5.72. The van der Waals surface area contributed by atoms with Gasteiger partial charge in [0.05, 0.1) is 0 Å². The van der Waals surface area contributed by atoms with Crippen LogP contribution in [-0.4, -0.2) is 17.1 Å². The highest BCUT2D eigenvalue weighted by molar-refractivity contribution is 5.99. The highest BCUT2D eigenvalue weighted by atomic mass is 19.1. The van der Waals surface area contributed by atoms with E-state index in [1.807, 2.05) is 0 Å². The molecule has 62 valence electrons. The fourth-order valence-electron chi connectivity index (χ4n) is 0.651. The second kappa shape index (κ2) is 3.61. The highest BCUT2D eigenvalue weighted by Crippen LogP contribution is 2.01. The molecular weight excluding hydrogens is 159 g/mol. The van der Waals surface area contributed by atoms with E-state index >= 15 is 0 Å². The lowest BCUT2D eigenvalue weighted by atomic mass is 10.5. The van der Waals surface area contributed by atoms with Crippen LogP contribution in [0.1, 0.15) is 0 Å². The molecule has 0 saturated heterocycles. The maximum Gasteiger partial charge on any atom is 0.291 e. The van der Waals surface area contributed by atoms with Crippen LogP contribution in [0.15, 0.2) is 42.0 Å². The molecular formula is C8H7FN2O. The van der Waals surface area contributed by atoms with E-state index in [0.717, 1.165) is 4.90 Å². The maximum absolute atomic E-state index is 12.3. The van der Waals surface area contributed by atoms with Crippen LogP contribution in [0, 0.1) is 0 Å². The van der Waals surface area contributed by atoms with Crippen molar-refractivity contribution in [2.45, 2.75) is 0 Å². The molecule has 0 unspecified atom stereocenters. The van der Waals surface area contributed by atoms with Gasteiger partial charge in [-0.25, -0.2) is 9.38 Å². The fourth-order valence-corrected chi connectivity index (χ4v) is 0.651. The Morgan fingerprint density at radius 2 is 2.25 bits per heavy atom. The van der Waals surface area contributed by atoms with Crippen molar-refractivity contribution in [1.29, 1.82) is 0 Å². The molecule has 0 radical (unpaired) electrons. The lowest BCUT2D eigenvalue weighted by Crippen LogP contribution is -2.23. The minimum atomic E-state index is -1.01. The summed E-state index contributed by atoms with van der Waals surface area (Å²) < 4.78 is 12.3. The molecule has 0 N–H and O–H groups in total. The van der Waals surface area contributed by atoms with Crippen molar-refractivity contribution >= 4 is 12.2 Å². The van der Waals surface area contributed by atoms with Gasteiger partial charge in [0.25, 0.3) is 5.91 Å². The molecule has 0 fully saturated rings. The lowest BCUT2D eigenvalue weighted by Gasteiger charge is -2.08. The maximum atomic E-state index is 12.3. The van der Waals surface area contributed by atoms with Crippen molar-refractivity contribution in [3.63, 3.8) is 0 Å². The Morgan fingerprint density at radius 3 is 2.92 bits per heavy atom. The summed E-state index contributed by atoms with van der Waals surface area (Å²) in [6, 6.07) is 0. The molecule has 0 aromatic heterocycles. The second-order valence-corrected chi connectivity index (χ2v) is 2.06. The fraction of sp³-hybridized carbons (Fsp3) is 0. The Hall–Kier alpha value is -1.71. The molecule has 4 heteroatoms. The zero-order chi connectivity index (χ0) is 8.97. The SMILES string of the molecule is C=C(F)C(=O)N1C=CC=CN=C1. The van der Waals surface area contributed by atoms with E-state index in [1.54, 1.807) is 12.2 Å². The molecule has 0 aliphatic carbocycles. The third-order valence-electron chi connectivity index (χ3n) is 1.19. The van der Waals surface area contributed by atoms with Gasteiger partial charge < -0.3 is 0 Å². The van der Waals surface area contributed by atoms with Crippen molar-refractivity contribution < 1.29 is 9.18 Å². The molecule has 3 nitrogen and oxygen atoms in total. The molecule has 0 aromatic rings. The minimum Gasteiger partial charge on any atom is -0.272 e. The van der Waals surface area contributed by atoms with Gasteiger partial charge in [-0.1, -0.05) is 6.58 Å². The first-order valence-electron chi connectivity index (χ1n) is 3.25. The standard InChI is InChI=1S/C8H7FN2O/c1-7(9)8(12)11-5-3-2-4-10-6-11/h2-6H,1H2. The number of hydrogen-bond donors (Lipinski definition) is 0. The van der Waals surface area contributed by atoms with Gasteiger partial charge in [-0.05, 0) is 12.2 Å². The molecule has 0 atom stereocenters. The van der Waals surface area contributed by atoms with E-state index < -0.39 is 11.7 Å². The molecule has 1 amide bonds. The quantitative estimate of drug-likeness (QED) is 0.541. The monoisotopic (exact) mass is 166 g/mol. The van der Waals surface area contributed by atoms with Gasteiger partial charge in [0.2, 0.25) is 0 Å². The van der Waals surface area contributed by atoms with Gasteiger partial charge in [-0.15, -0.1) is 0 Å². The third-order valence-corrected chi connectivity index (χ3v) is 1.19. The minimum absolute atomic E-state index is 0.807. The lowest BCUT2D eigenvalue weighted by molar-refractivity contribution is -0.122. The van der Waals surface area contributed by atoms with Gasteiger partial charge in [0.15, 0.2) is 5.83 Å². The van der Waals surface area contributed by atoms with E-state index in [0.29, 0.717) is 0 Å². The number of allylic oxidation sites excluding steroid dienone is 2. The number of hydrogen-bond acceptors (Lipinski definition) is 2. The molecule has 1 rings (SSSR count). The molecule has 1 heterocycles. The average molecular weight is 166 g/mol. The Bertz CT molecular complexity index is 275. The first kappa shape index (κ1) is 8.39. The molecule has 12 heavy (non-hydrogen) atoms. The summed E-state index contributed by atoms with van der Waals surface area (Å²) in [5.41, 5.74) is 0. The average Bonchev–Trinajstić information content (AvgIpc) is 2.30. The number of carbonyl (C=O) groups excluding carboxylic acids is 1. The van der Waals surface area contributed by atoms with Crippen molar-refractivity contribution in [1.82, 2.24) is 4.90 Å². The topological polar surface area (TPSA) is 32.7 Å². The first-order valence-corrected chi connectivity index (χ1v) is 3.25. The normalized spacial score (nSPS) is 14.6. The van der Waals surface area contributed by atoms with Crippen molar-refractivity contribution in [2.24, 2.45) is 4.99 Å². The Kier molecular flexibility index (Phi) is 2.53. The van der Waals surface area contributed by atoms with Crippen LogP contribution < -0.4 is 0 Å². The van der Waals surface area contributed by atoms with Crippen LogP contribution in [-0.2, 0) is 4.79 Å². The van der Waals surface area contributed by atoms with Gasteiger partial charge in [0.1, 0.15) is 6.34 Å². The number of amides is 1.